The lowest BCUT2D eigenvalue weighted by atomic mass is 10.0. The number of anilines is 1. The van der Waals surface area contributed by atoms with E-state index in [1.165, 1.54) is 23.1 Å². The lowest BCUT2D eigenvalue weighted by molar-refractivity contribution is -0.168. The average molecular weight is 485 g/mol. The van der Waals surface area contributed by atoms with E-state index in [0.29, 0.717) is 28.2 Å². The van der Waals surface area contributed by atoms with Gasteiger partial charge in [0.2, 0.25) is 5.91 Å². The number of rotatable bonds is 5. The van der Waals surface area contributed by atoms with Crippen LogP contribution in [0.3, 0.4) is 0 Å². The van der Waals surface area contributed by atoms with Gasteiger partial charge in [0.05, 0.1) is 11.3 Å². The molecule has 0 aliphatic carbocycles. The molecule has 1 saturated heterocycles. The highest BCUT2D eigenvalue weighted by Gasteiger charge is 2.36. The zero-order chi connectivity index (χ0) is 25.4. The second-order valence-corrected chi connectivity index (χ2v) is 8.37. The SMILES string of the molecule is Cc1[nH]c(/C=C2\C(=O)Nc3ccc(F)cc32)c(C)c1OC(=O)N[C@@H]1CON(CC(=O)N(C)C)C1=O. The summed E-state index contributed by atoms with van der Waals surface area (Å²) in [7, 11) is 3.11. The van der Waals surface area contributed by atoms with Gasteiger partial charge in [-0.05, 0) is 38.1 Å². The third-order valence-corrected chi connectivity index (χ3v) is 5.67. The van der Waals surface area contributed by atoms with E-state index in [4.69, 9.17) is 9.57 Å². The number of aromatic amines is 1. The summed E-state index contributed by atoms with van der Waals surface area (Å²) in [5.74, 6) is -1.53. The van der Waals surface area contributed by atoms with Gasteiger partial charge in [-0.3, -0.25) is 19.2 Å². The fraction of sp³-hybridized carbons (Fsp3) is 0.304. The van der Waals surface area contributed by atoms with E-state index < -0.39 is 23.9 Å². The first-order valence-electron chi connectivity index (χ1n) is 10.7. The molecule has 1 aromatic heterocycles. The average Bonchev–Trinajstić information content (AvgIpc) is 3.38. The monoisotopic (exact) mass is 485 g/mol. The van der Waals surface area contributed by atoms with Crippen LogP contribution in [-0.2, 0) is 19.2 Å². The summed E-state index contributed by atoms with van der Waals surface area (Å²) in [4.78, 5) is 58.7. The van der Waals surface area contributed by atoms with Gasteiger partial charge in [-0.2, -0.15) is 0 Å². The number of fused-ring (bicyclic) bond motifs is 1. The minimum Gasteiger partial charge on any atom is -0.408 e. The third-order valence-electron chi connectivity index (χ3n) is 5.67. The van der Waals surface area contributed by atoms with E-state index in [-0.39, 0.29) is 36.3 Å². The molecule has 184 valence electrons. The molecule has 1 aromatic carbocycles. The summed E-state index contributed by atoms with van der Waals surface area (Å²) in [6, 6.07) is 3.01. The minimum atomic E-state index is -1.01. The minimum absolute atomic E-state index is 0.137. The van der Waals surface area contributed by atoms with Gasteiger partial charge in [0, 0.05) is 36.6 Å². The smallest absolute Gasteiger partial charge is 0.408 e. The molecule has 0 radical (unpaired) electrons. The Morgan fingerprint density at radius 2 is 2.06 bits per heavy atom. The maximum absolute atomic E-state index is 13.7. The van der Waals surface area contributed by atoms with Crippen molar-refractivity contribution >= 4 is 41.2 Å². The number of nitrogens with one attached hydrogen (secondary N) is 3. The zero-order valence-corrected chi connectivity index (χ0v) is 19.5. The molecular weight excluding hydrogens is 461 g/mol. The predicted octanol–water partition coefficient (Wildman–Crippen LogP) is 1.58. The van der Waals surface area contributed by atoms with Gasteiger partial charge in [-0.1, -0.05) is 0 Å². The summed E-state index contributed by atoms with van der Waals surface area (Å²) >= 11 is 0. The lowest BCUT2D eigenvalue weighted by Gasteiger charge is -2.17. The molecule has 4 amide bonds. The second kappa shape index (κ2) is 9.22. The van der Waals surface area contributed by atoms with Gasteiger partial charge >= 0.3 is 6.09 Å². The molecule has 3 heterocycles. The molecule has 3 N–H and O–H groups in total. The fourth-order valence-corrected chi connectivity index (χ4v) is 3.73. The Balaban J connectivity index is 1.46. The van der Waals surface area contributed by atoms with Crippen molar-refractivity contribution in [3.8, 4) is 5.75 Å². The van der Waals surface area contributed by atoms with Crippen LogP contribution in [0.15, 0.2) is 18.2 Å². The third kappa shape index (κ3) is 4.73. The Hall–Kier alpha value is -4.19. The summed E-state index contributed by atoms with van der Waals surface area (Å²) in [6.07, 6.45) is 0.671. The van der Waals surface area contributed by atoms with Crippen LogP contribution in [0.4, 0.5) is 14.9 Å². The van der Waals surface area contributed by atoms with Crippen molar-refractivity contribution in [3.63, 3.8) is 0 Å². The molecule has 0 unspecified atom stereocenters. The van der Waals surface area contributed by atoms with Crippen LogP contribution < -0.4 is 15.4 Å². The van der Waals surface area contributed by atoms with Gasteiger partial charge in [-0.15, -0.1) is 0 Å². The van der Waals surface area contributed by atoms with Crippen LogP contribution in [0.2, 0.25) is 0 Å². The molecule has 12 heteroatoms. The highest BCUT2D eigenvalue weighted by Crippen LogP contribution is 2.35. The number of nitrogens with zero attached hydrogens (tertiary/aromatic N) is 2. The van der Waals surface area contributed by atoms with E-state index in [2.05, 4.69) is 15.6 Å². The van der Waals surface area contributed by atoms with Crippen LogP contribution >= 0.6 is 0 Å². The van der Waals surface area contributed by atoms with E-state index in [1.54, 1.807) is 34.0 Å². The number of aromatic nitrogens is 1. The van der Waals surface area contributed by atoms with Crippen molar-refractivity contribution < 1.29 is 33.1 Å². The number of likely N-dealkylation sites (N-methyl/N-ethyl adjacent to an activating group) is 1. The Kier molecular flexibility index (Phi) is 6.31. The highest BCUT2D eigenvalue weighted by atomic mass is 19.1. The molecule has 1 fully saturated rings. The quantitative estimate of drug-likeness (QED) is 0.551. The largest absolute Gasteiger partial charge is 0.413 e. The summed E-state index contributed by atoms with van der Waals surface area (Å²) in [6.45, 7) is 2.96. The Bertz CT molecular complexity index is 1270. The van der Waals surface area contributed by atoms with E-state index in [9.17, 15) is 23.6 Å². The zero-order valence-electron chi connectivity index (χ0n) is 19.5. The summed E-state index contributed by atoms with van der Waals surface area (Å²) < 4.78 is 19.1. The van der Waals surface area contributed by atoms with Crippen LogP contribution in [0, 0.1) is 19.7 Å². The fourth-order valence-electron chi connectivity index (χ4n) is 3.73. The number of carbonyl (C=O) groups excluding carboxylic acids is 4. The first-order valence-corrected chi connectivity index (χ1v) is 10.7. The van der Waals surface area contributed by atoms with Crippen LogP contribution in [-0.4, -0.2) is 72.1 Å². The van der Waals surface area contributed by atoms with Gasteiger partial charge in [0.1, 0.15) is 25.0 Å². The maximum atomic E-state index is 13.7. The number of benzene rings is 1. The summed E-state index contributed by atoms with van der Waals surface area (Å²) in [5, 5.41) is 6.02. The van der Waals surface area contributed by atoms with Crippen molar-refractivity contribution in [2.45, 2.75) is 19.9 Å². The second-order valence-electron chi connectivity index (χ2n) is 8.37. The van der Waals surface area contributed by atoms with Gasteiger partial charge in [0.25, 0.3) is 11.8 Å². The molecule has 2 aliphatic rings. The van der Waals surface area contributed by atoms with E-state index in [0.717, 1.165) is 5.06 Å². The maximum Gasteiger partial charge on any atom is 0.413 e. The topological polar surface area (TPSA) is 133 Å². The van der Waals surface area contributed by atoms with E-state index in [1.807, 2.05) is 0 Å². The summed E-state index contributed by atoms with van der Waals surface area (Å²) in [5.41, 5.74) is 2.75. The van der Waals surface area contributed by atoms with Crippen molar-refractivity contribution in [1.29, 1.82) is 0 Å². The number of hydrogen-bond acceptors (Lipinski definition) is 6. The van der Waals surface area contributed by atoms with Crippen LogP contribution in [0.5, 0.6) is 5.75 Å². The standard InChI is InChI=1S/C23H24FN5O6/c1-11-17(8-15-14-7-13(24)5-6-16(14)26-21(15)31)25-12(2)20(11)35-23(33)27-18-10-34-29(22(18)32)9-19(30)28(3)4/h5-8,18,25H,9-10H2,1-4H3,(H,26,31)(H,27,33)/b15-8-/t18-/m1/s1. The molecule has 4 rings (SSSR count). The Morgan fingerprint density at radius 1 is 1.31 bits per heavy atom. The number of amides is 4. The molecule has 35 heavy (non-hydrogen) atoms. The van der Waals surface area contributed by atoms with Crippen molar-refractivity contribution in [2.24, 2.45) is 0 Å². The van der Waals surface area contributed by atoms with Crippen LogP contribution in [0.25, 0.3) is 11.6 Å². The lowest BCUT2D eigenvalue weighted by Crippen LogP contribution is -2.45. The molecule has 0 saturated carbocycles. The normalized spacial score (nSPS) is 18.0. The number of halogens is 1. The Morgan fingerprint density at radius 3 is 2.77 bits per heavy atom. The van der Waals surface area contributed by atoms with Crippen molar-refractivity contribution in [3.05, 3.63) is 46.5 Å². The van der Waals surface area contributed by atoms with Gasteiger partial charge in [-0.25, -0.2) is 14.2 Å². The number of ether oxygens (including phenoxy) is 1. The molecule has 1 atom stereocenters. The molecule has 2 aliphatic heterocycles. The molecule has 11 nitrogen and oxygen atoms in total. The number of aryl methyl sites for hydroxylation is 1. The molecule has 2 aromatic rings. The number of hydrogen-bond donors (Lipinski definition) is 3. The number of hydroxylamine groups is 2. The van der Waals surface area contributed by atoms with Gasteiger partial charge in [0.15, 0.2) is 5.75 Å². The van der Waals surface area contributed by atoms with Crippen LogP contribution in [0.1, 0.15) is 22.5 Å². The predicted molar refractivity (Wildman–Crippen MR) is 122 cm³/mol. The first-order chi connectivity index (χ1) is 16.5. The van der Waals surface area contributed by atoms with Crippen molar-refractivity contribution in [1.82, 2.24) is 20.3 Å². The molecular formula is C23H24FN5O6. The number of H-pyrrole nitrogens is 1. The Labute approximate surface area is 199 Å². The van der Waals surface area contributed by atoms with Gasteiger partial charge < -0.3 is 25.3 Å². The molecule has 0 spiro atoms. The highest BCUT2D eigenvalue weighted by molar-refractivity contribution is 6.34. The first kappa shape index (κ1) is 24.0. The van der Waals surface area contributed by atoms with E-state index >= 15 is 0 Å². The number of carbonyl (C=O) groups is 4. The van der Waals surface area contributed by atoms with Crippen molar-refractivity contribution in [2.75, 3.05) is 32.6 Å². The molecule has 0 bridgehead atoms.